The number of hydrogen-bond donors (Lipinski definition) is 1. The molecule has 0 saturated carbocycles. The van der Waals surface area contributed by atoms with Gasteiger partial charge in [-0.15, -0.1) is 0 Å². The Labute approximate surface area is 73.7 Å². The molecule has 0 amide bonds. The minimum atomic E-state index is 0.0521. The highest BCUT2D eigenvalue weighted by atomic mass is 79.9. The smallest absolute Gasteiger partial charge is 0.117 e. The average Bonchev–Trinajstić information content (AvgIpc) is 1.94. The van der Waals surface area contributed by atoms with E-state index >= 15 is 0 Å². The van der Waals surface area contributed by atoms with Gasteiger partial charge in [0.15, 0.2) is 0 Å². The van der Waals surface area contributed by atoms with Gasteiger partial charge in [-0.2, -0.15) is 0 Å². The van der Waals surface area contributed by atoms with Crippen LogP contribution in [-0.4, -0.2) is 10.1 Å². The van der Waals surface area contributed by atoms with Crippen molar-refractivity contribution >= 4 is 21.7 Å². The molecule has 1 heterocycles. The Balaban J connectivity index is 3.23. The van der Waals surface area contributed by atoms with Crippen molar-refractivity contribution in [2.45, 2.75) is 6.92 Å². The molecule has 1 rings (SSSR count). The van der Waals surface area contributed by atoms with Crippen LogP contribution in [0.15, 0.2) is 23.3 Å². The van der Waals surface area contributed by atoms with Gasteiger partial charge in [-0.05, 0) is 28.9 Å². The van der Waals surface area contributed by atoms with Crippen LogP contribution in [0.3, 0.4) is 0 Å². The number of rotatable bonds is 1. The molecule has 1 aromatic rings. The van der Waals surface area contributed by atoms with Crippen molar-refractivity contribution in [2.24, 2.45) is 0 Å². The predicted molar refractivity (Wildman–Crippen MR) is 48.3 cm³/mol. The van der Waals surface area contributed by atoms with Crippen LogP contribution < -0.4 is 0 Å². The Morgan fingerprint density at radius 2 is 2.36 bits per heavy atom. The molecule has 58 valence electrons. The van der Waals surface area contributed by atoms with E-state index in [9.17, 15) is 0 Å². The van der Waals surface area contributed by atoms with Crippen molar-refractivity contribution in [3.63, 3.8) is 0 Å². The summed E-state index contributed by atoms with van der Waals surface area (Å²) in [7, 11) is 0. The predicted octanol–water partition coefficient (Wildman–Crippen LogP) is 2.68. The molecule has 0 fully saturated rings. The summed E-state index contributed by atoms with van der Waals surface area (Å²) in [5, 5.41) is 9.07. The second-order valence-corrected chi connectivity index (χ2v) is 3.15. The van der Waals surface area contributed by atoms with Crippen LogP contribution in [0.5, 0.6) is 0 Å². The van der Waals surface area contributed by atoms with Crippen molar-refractivity contribution in [3.8, 4) is 0 Å². The van der Waals surface area contributed by atoms with Gasteiger partial charge in [0.25, 0.3) is 0 Å². The average molecular weight is 214 g/mol. The molecule has 0 bridgehead atoms. The maximum absolute atomic E-state index is 9.07. The minimum Gasteiger partial charge on any atom is -0.508 e. The molecule has 2 nitrogen and oxygen atoms in total. The van der Waals surface area contributed by atoms with E-state index in [0.717, 1.165) is 10.2 Å². The maximum Gasteiger partial charge on any atom is 0.117 e. The van der Waals surface area contributed by atoms with E-state index < -0.39 is 0 Å². The molecular formula is C8H8BrNO. The number of aliphatic hydroxyl groups excluding tert-OH is 1. The molecule has 11 heavy (non-hydrogen) atoms. The summed E-state index contributed by atoms with van der Waals surface area (Å²) in [6, 6.07) is 1.78. The van der Waals surface area contributed by atoms with E-state index in [1.807, 2.05) is 6.92 Å². The topological polar surface area (TPSA) is 33.1 Å². The summed E-state index contributed by atoms with van der Waals surface area (Å²) in [4.78, 5) is 4.03. The Bertz CT molecular complexity index is 296. The van der Waals surface area contributed by atoms with Crippen LogP contribution in [0.4, 0.5) is 0 Å². The molecule has 0 unspecified atom stereocenters. The summed E-state index contributed by atoms with van der Waals surface area (Å²) in [6.07, 6.45) is 1.68. The monoisotopic (exact) mass is 213 g/mol. The number of halogens is 1. The second-order valence-electron chi connectivity index (χ2n) is 2.23. The highest BCUT2D eigenvalue weighted by Gasteiger charge is 2.01. The zero-order valence-electron chi connectivity index (χ0n) is 6.13. The Kier molecular flexibility index (Phi) is 2.29. The fourth-order valence-corrected chi connectivity index (χ4v) is 1.13. The van der Waals surface area contributed by atoms with Crippen molar-refractivity contribution in [1.82, 2.24) is 4.98 Å². The lowest BCUT2D eigenvalue weighted by Gasteiger charge is -2.01. The molecule has 0 aliphatic carbocycles. The van der Waals surface area contributed by atoms with E-state index in [1.54, 1.807) is 12.3 Å². The molecular weight excluding hydrogens is 206 g/mol. The fourth-order valence-electron chi connectivity index (χ4n) is 0.800. The minimum absolute atomic E-state index is 0.0521. The standard InChI is InChI=1S/C8H8BrNO/c1-5-8(6(2)11)3-7(9)4-10-5/h3-4,11H,2H2,1H3. The SMILES string of the molecule is C=C(O)c1cc(Br)cnc1C. The molecule has 3 heteroatoms. The number of nitrogens with zero attached hydrogens (tertiary/aromatic N) is 1. The van der Waals surface area contributed by atoms with Gasteiger partial charge in [-0.1, -0.05) is 6.58 Å². The first-order valence-corrected chi connectivity index (χ1v) is 3.91. The summed E-state index contributed by atoms with van der Waals surface area (Å²) in [6.45, 7) is 5.24. The molecule has 0 atom stereocenters. The lowest BCUT2D eigenvalue weighted by Crippen LogP contribution is -1.89. The number of pyridine rings is 1. The normalized spacial score (nSPS) is 9.64. The van der Waals surface area contributed by atoms with Crippen LogP contribution in [0.1, 0.15) is 11.3 Å². The van der Waals surface area contributed by atoms with Crippen LogP contribution in [0, 0.1) is 6.92 Å². The van der Waals surface area contributed by atoms with E-state index in [2.05, 4.69) is 27.5 Å². The number of aliphatic hydroxyl groups is 1. The van der Waals surface area contributed by atoms with E-state index in [1.165, 1.54) is 0 Å². The lowest BCUT2D eigenvalue weighted by molar-refractivity contribution is 0.512. The molecule has 0 aromatic carbocycles. The van der Waals surface area contributed by atoms with Crippen molar-refractivity contribution in [2.75, 3.05) is 0 Å². The van der Waals surface area contributed by atoms with Gasteiger partial charge < -0.3 is 5.11 Å². The molecule has 1 N–H and O–H groups in total. The van der Waals surface area contributed by atoms with E-state index in [0.29, 0.717) is 5.56 Å². The third-order valence-corrected chi connectivity index (χ3v) is 1.80. The quantitative estimate of drug-likeness (QED) is 0.729. The summed E-state index contributed by atoms with van der Waals surface area (Å²) < 4.78 is 0.841. The van der Waals surface area contributed by atoms with Gasteiger partial charge >= 0.3 is 0 Å². The molecule has 0 spiro atoms. The van der Waals surface area contributed by atoms with Gasteiger partial charge in [0.1, 0.15) is 5.76 Å². The Morgan fingerprint density at radius 3 is 2.82 bits per heavy atom. The third-order valence-electron chi connectivity index (χ3n) is 1.36. The molecule has 0 aliphatic rings. The maximum atomic E-state index is 9.07. The van der Waals surface area contributed by atoms with Crippen LogP contribution in [-0.2, 0) is 0 Å². The third kappa shape index (κ3) is 1.80. The highest BCUT2D eigenvalue weighted by molar-refractivity contribution is 9.10. The fraction of sp³-hybridized carbons (Fsp3) is 0.125. The zero-order valence-corrected chi connectivity index (χ0v) is 7.72. The first-order valence-electron chi connectivity index (χ1n) is 3.11. The van der Waals surface area contributed by atoms with Crippen molar-refractivity contribution in [3.05, 3.63) is 34.6 Å². The number of hydrogen-bond acceptors (Lipinski definition) is 2. The van der Waals surface area contributed by atoms with Crippen LogP contribution in [0.25, 0.3) is 5.76 Å². The van der Waals surface area contributed by atoms with Crippen LogP contribution >= 0.6 is 15.9 Å². The molecule has 0 saturated heterocycles. The van der Waals surface area contributed by atoms with Gasteiger partial charge in [-0.3, -0.25) is 4.98 Å². The number of aryl methyl sites for hydroxylation is 1. The Morgan fingerprint density at radius 1 is 1.73 bits per heavy atom. The first kappa shape index (κ1) is 8.27. The first-order chi connectivity index (χ1) is 5.11. The van der Waals surface area contributed by atoms with Gasteiger partial charge in [0.05, 0.1) is 0 Å². The summed E-state index contributed by atoms with van der Waals surface area (Å²) in [5.41, 5.74) is 1.46. The van der Waals surface area contributed by atoms with E-state index in [4.69, 9.17) is 5.11 Å². The van der Waals surface area contributed by atoms with Gasteiger partial charge in [-0.25, -0.2) is 0 Å². The second kappa shape index (κ2) is 3.05. The zero-order chi connectivity index (χ0) is 8.43. The summed E-state index contributed by atoms with van der Waals surface area (Å²) in [5.74, 6) is 0.0521. The van der Waals surface area contributed by atoms with Crippen molar-refractivity contribution < 1.29 is 5.11 Å². The van der Waals surface area contributed by atoms with Gasteiger partial charge in [0, 0.05) is 21.9 Å². The van der Waals surface area contributed by atoms with E-state index in [-0.39, 0.29) is 5.76 Å². The summed E-state index contributed by atoms with van der Waals surface area (Å²) >= 11 is 3.25. The lowest BCUT2D eigenvalue weighted by atomic mass is 10.2. The Hall–Kier alpha value is -0.830. The van der Waals surface area contributed by atoms with Crippen molar-refractivity contribution in [1.29, 1.82) is 0 Å². The number of aromatic nitrogens is 1. The molecule has 0 radical (unpaired) electrons. The molecule has 1 aromatic heterocycles. The van der Waals surface area contributed by atoms with Crippen LogP contribution in [0.2, 0.25) is 0 Å². The largest absolute Gasteiger partial charge is 0.508 e. The van der Waals surface area contributed by atoms with Gasteiger partial charge in [0.2, 0.25) is 0 Å². The highest BCUT2D eigenvalue weighted by Crippen LogP contribution is 2.17. The molecule has 0 aliphatic heterocycles.